The number of nitrogens with one attached hydrogen (secondary N) is 2. The minimum atomic E-state index is -0.403. The summed E-state index contributed by atoms with van der Waals surface area (Å²) in [6.07, 6.45) is 2.71. The van der Waals surface area contributed by atoms with Crippen molar-refractivity contribution >= 4 is 17.3 Å². The van der Waals surface area contributed by atoms with Gasteiger partial charge in [0.25, 0.3) is 5.69 Å². The lowest BCUT2D eigenvalue weighted by Crippen LogP contribution is -2.38. The molecule has 0 radical (unpaired) electrons. The molecule has 0 bridgehead atoms. The molecule has 0 spiro atoms. The van der Waals surface area contributed by atoms with E-state index in [0.29, 0.717) is 5.69 Å². The quantitative estimate of drug-likeness (QED) is 0.652. The molecule has 0 aromatic heterocycles. The minimum Gasteiger partial charge on any atom is -0.383 e. The average Bonchev–Trinajstić information content (AvgIpc) is 2.84. The maximum absolute atomic E-state index is 12.0. The molecule has 2 atom stereocenters. The van der Waals surface area contributed by atoms with E-state index in [-0.39, 0.29) is 23.8 Å². The Labute approximate surface area is 122 Å². The molecule has 3 rings (SSSR count). The summed E-state index contributed by atoms with van der Waals surface area (Å²) in [5.41, 5.74) is 1.27. The smallest absolute Gasteiger partial charge is 0.292 e. The van der Waals surface area contributed by atoms with Crippen LogP contribution in [0.3, 0.4) is 0 Å². The molecule has 7 nitrogen and oxygen atoms in total. The Morgan fingerprint density at radius 2 is 2.24 bits per heavy atom. The summed E-state index contributed by atoms with van der Waals surface area (Å²) in [7, 11) is 1.65. The van der Waals surface area contributed by atoms with Crippen LogP contribution in [0.4, 0.5) is 11.4 Å². The summed E-state index contributed by atoms with van der Waals surface area (Å²) in [4.78, 5) is 24.9. The third-order valence-corrected chi connectivity index (χ3v) is 4.26. The minimum absolute atomic E-state index is 0.0278. The largest absolute Gasteiger partial charge is 0.383 e. The Hall–Kier alpha value is -2.15. The second kappa shape index (κ2) is 5.33. The van der Waals surface area contributed by atoms with E-state index in [1.807, 2.05) is 6.07 Å². The van der Waals surface area contributed by atoms with Gasteiger partial charge in [0, 0.05) is 19.7 Å². The van der Waals surface area contributed by atoms with Crippen molar-refractivity contribution in [1.82, 2.24) is 10.2 Å². The van der Waals surface area contributed by atoms with Crippen molar-refractivity contribution < 1.29 is 9.72 Å². The standard InChI is InChI=1S/C14H18N4O3/c1-15-10-6-5-9(8-12(10)18(20)21)13-16-14(19)11-4-2-3-7-17(11)13/h5-6,8,11,13,15H,2-4,7H2,1H3,(H,16,19)/t11-,13-/m1/s1. The molecule has 2 heterocycles. The van der Waals surface area contributed by atoms with Gasteiger partial charge in [-0.2, -0.15) is 0 Å². The summed E-state index contributed by atoms with van der Waals surface area (Å²) >= 11 is 0. The lowest BCUT2D eigenvalue weighted by atomic mass is 10.0. The lowest BCUT2D eigenvalue weighted by Gasteiger charge is -2.31. The Bertz CT molecular complexity index is 590. The van der Waals surface area contributed by atoms with Gasteiger partial charge in [0.15, 0.2) is 0 Å². The van der Waals surface area contributed by atoms with Gasteiger partial charge < -0.3 is 10.6 Å². The molecule has 2 aliphatic rings. The first-order valence-electron chi connectivity index (χ1n) is 7.14. The number of hydrogen-bond donors (Lipinski definition) is 2. The van der Waals surface area contributed by atoms with Crippen molar-refractivity contribution in [1.29, 1.82) is 0 Å². The number of carbonyl (C=O) groups excluding carboxylic acids is 1. The molecule has 7 heteroatoms. The Morgan fingerprint density at radius 3 is 2.95 bits per heavy atom. The lowest BCUT2D eigenvalue weighted by molar-refractivity contribution is -0.384. The number of anilines is 1. The average molecular weight is 290 g/mol. The van der Waals surface area contributed by atoms with Gasteiger partial charge in [0.2, 0.25) is 5.91 Å². The molecule has 2 fully saturated rings. The molecule has 21 heavy (non-hydrogen) atoms. The van der Waals surface area contributed by atoms with Crippen LogP contribution < -0.4 is 10.6 Å². The fourth-order valence-corrected chi connectivity index (χ4v) is 3.21. The van der Waals surface area contributed by atoms with Gasteiger partial charge in [-0.3, -0.25) is 19.8 Å². The van der Waals surface area contributed by atoms with Crippen LogP contribution in [-0.2, 0) is 4.79 Å². The number of hydrogen-bond acceptors (Lipinski definition) is 5. The van der Waals surface area contributed by atoms with Crippen LogP contribution in [0.2, 0.25) is 0 Å². The van der Waals surface area contributed by atoms with Gasteiger partial charge in [0.1, 0.15) is 11.9 Å². The van der Waals surface area contributed by atoms with E-state index in [1.54, 1.807) is 19.2 Å². The first-order valence-corrected chi connectivity index (χ1v) is 7.14. The third-order valence-electron chi connectivity index (χ3n) is 4.26. The van der Waals surface area contributed by atoms with Crippen LogP contribution in [0.15, 0.2) is 18.2 Å². The van der Waals surface area contributed by atoms with Gasteiger partial charge in [-0.1, -0.05) is 12.5 Å². The van der Waals surface area contributed by atoms with Crippen LogP contribution in [-0.4, -0.2) is 35.4 Å². The van der Waals surface area contributed by atoms with E-state index >= 15 is 0 Å². The fraction of sp³-hybridized carbons (Fsp3) is 0.500. The number of nitrogens with zero attached hydrogens (tertiary/aromatic N) is 2. The van der Waals surface area contributed by atoms with E-state index in [2.05, 4.69) is 15.5 Å². The van der Waals surface area contributed by atoms with Gasteiger partial charge >= 0.3 is 0 Å². The Balaban J connectivity index is 1.95. The van der Waals surface area contributed by atoms with E-state index in [1.165, 1.54) is 0 Å². The normalized spacial score (nSPS) is 25.3. The molecule has 2 N–H and O–H groups in total. The molecule has 0 saturated carbocycles. The maximum Gasteiger partial charge on any atom is 0.292 e. The number of piperidine rings is 1. The van der Waals surface area contributed by atoms with E-state index < -0.39 is 4.92 Å². The number of nitro groups is 1. The second-order valence-corrected chi connectivity index (χ2v) is 5.44. The summed E-state index contributed by atoms with van der Waals surface area (Å²) in [5.74, 6) is 0.0278. The van der Waals surface area contributed by atoms with Crippen LogP contribution in [0.5, 0.6) is 0 Å². The summed E-state index contributed by atoms with van der Waals surface area (Å²) in [6, 6.07) is 4.98. The predicted octanol–water partition coefficient (Wildman–Crippen LogP) is 1.62. The summed E-state index contributed by atoms with van der Waals surface area (Å²) < 4.78 is 0. The molecule has 1 amide bonds. The topological polar surface area (TPSA) is 87.5 Å². The molecular formula is C14H18N4O3. The molecule has 112 valence electrons. The van der Waals surface area contributed by atoms with Crippen LogP contribution in [0.25, 0.3) is 0 Å². The van der Waals surface area contributed by atoms with E-state index in [0.717, 1.165) is 31.4 Å². The van der Waals surface area contributed by atoms with Crippen molar-refractivity contribution in [2.24, 2.45) is 0 Å². The van der Waals surface area contributed by atoms with Crippen LogP contribution in [0, 0.1) is 10.1 Å². The molecule has 1 aromatic rings. The number of rotatable bonds is 3. The van der Waals surface area contributed by atoms with Crippen molar-refractivity contribution in [3.8, 4) is 0 Å². The van der Waals surface area contributed by atoms with Gasteiger partial charge in [-0.25, -0.2) is 0 Å². The predicted molar refractivity (Wildman–Crippen MR) is 77.9 cm³/mol. The summed E-state index contributed by atoms with van der Waals surface area (Å²) in [6.45, 7) is 0.843. The first kappa shape index (κ1) is 13.8. The van der Waals surface area contributed by atoms with Crippen molar-refractivity contribution in [3.63, 3.8) is 0 Å². The molecule has 0 aliphatic carbocycles. The highest BCUT2D eigenvalue weighted by atomic mass is 16.6. The molecule has 0 unspecified atom stereocenters. The first-order chi connectivity index (χ1) is 10.1. The zero-order valence-electron chi connectivity index (χ0n) is 11.8. The number of benzene rings is 1. The van der Waals surface area contributed by atoms with Crippen molar-refractivity contribution in [3.05, 3.63) is 33.9 Å². The number of amides is 1. The Kier molecular flexibility index (Phi) is 3.50. The van der Waals surface area contributed by atoms with Gasteiger partial charge in [0.05, 0.1) is 11.0 Å². The Morgan fingerprint density at radius 1 is 1.43 bits per heavy atom. The van der Waals surface area contributed by atoms with Crippen LogP contribution in [0.1, 0.15) is 31.0 Å². The second-order valence-electron chi connectivity index (χ2n) is 5.44. The summed E-state index contributed by atoms with van der Waals surface area (Å²) in [5, 5.41) is 16.9. The molecule has 1 aromatic carbocycles. The number of carbonyl (C=O) groups is 1. The number of fused-ring (bicyclic) bond motifs is 1. The van der Waals surface area contributed by atoms with Crippen molar-refractivity contribution in [2.45, 2.75) is 31.5 Å². The van der Waals surface area contributed by atoms with Crippen LogP contribution >= 0.6 is 0 Å². The zero-order valence-corrected chi connectivity index (χ0v) is 11.8. The van der Waals surface area contributed by atoms with Crippen molar-refractivity contribution in [2.75, 3.05) is 18.9 Å². The molecule has 2 saturated heterocycles. The maximum atomic E-state index is 12.0. The monoisotopic (exact) mass is 290 g/mol. The molecule has 2 aliphatic heterocycles. The highest BCUT2D eigenvalue weighted by molar-refractivity contribution is 5.84. The number of nitro benzene ring substituents is 1. The molecular weight excluding hydrogens is 272 g/mol. The van der Waals surface area contributed by atoms with E-state index in [4.69, 9.17) is 0 Å². The van der Waals surface area contributed by atoms with Gasteiger partial charge in [-0.15, -0.1) is 0 Å². The SMILES string of the molecule is CNc1ccc([C@@H]2NC(=O)[C@H]3CCCCN32)cc1[N+](=O)[O-]. The third kappa shape index (κ3) is 2.33. The zero-order chi connectivity index (χ0) is 15.0. The highest BCUT2D eigenvalue weighted by Gasteiger charge is 2.41. The van der Waals surface area contributed by atoms with Gasteiger partial charge in [-0.05, 0) is 24.5 Å². The fourth-order valence-electron chi connectivity index (χ4n) is 3.21. The highest BCUT2D eigenvalue weighted by Crippen LogP contribution is 2.35. The van der Waals surface area contributed by atoms with E-state index in [9.17, 15) is 14.9 Å².